The molecule has 2 rings (SSSR count). The van der Waals surface area contributed by atoms with Gasteiger partial charge in [-0.3, -0.25) is 0 Å². The van der Waals surface area contributed by atoms with Crippen LogP contribution < -0.4 is 0 Å². The molecule has 0 aliphatic carbocycles. The van der Waals surface area contributed by atoms with Crippen LogP contribution in [-0.2, 0) is 5.88 Å². The number of rotatable bonds is 1. The van der Waals surface area contributed by atoms with Gasteiger partial charge in [-0.1, -0.05) is 6.07 Å². The van der Waals surface area contributed by atoms with Crippen LogP contribution in [0.1, 0.15) is 17.0 Å². The van der Waals surface area contributed by atoms with E-state index in [0.717, 1.165) is 17.0 Å². The van der Waals surface area contributed by atoms with E-state index in [1.165, 1.54) is 5.56 Å². The van der Waals surface area contributed by atoms with E-state index in [0.29, 0.717) is 5.88 Å². The van der Waals surface area contributed by atoms with E-state index in [-0.39, 0.29) is 0 Å². The highest BCUT2D eigenvalue weighted by atomic mass is 35.5. The van der Waals surface area contributed by atoms with Crippen molar-refractivity contribution in [2.75, 3.05) is 0 Å². The highest BCUT2D eigenvalue weighted by molar-refractivity contribution is 6.17. The van der Waals surface area contributed by atoms with E-state index in [2.05, 4.69) is 22.4 Å². The Hall–Kier alpha value is -1.02. The van der Waals surface area contributed by atoms with Crippen LogP contribution in [0.5, 0.6) is 0 Å². The normalized spacial score (nSPS) is 11.0. The van der Waals surface area contributed by atoms with Crippen LogP contribution in [0, 0.1) is 13.8 Å². The molecule has 2 heterocycles. The fourth-order valence-electron chi connectivity index (χ4n) is 1.50. The second kappa shape index (κ2) is 3.04. The topological polar surface area (TPSA) is 17.3 Å². The van der Waals surface area contributed by atoms with E-state index in [9.17, 15) is 0 Å². The molecule has 68 valence electrons. The molecule has 2 nitrogen and oxygen atoms in total. The van der Waals surface area contributed by atoms with Gasteiger partial charge >= 0.3 is 0 Å². The lowest BCUT2D eigenvalue weighted by atomic mass is 10.3. The summed E-state index contributed by atoms with van der Waals surface area (Å²) in [6, 6.07) is 4.08. The highest BCUT2D eigenvalue weighted by Gasteiger charge is 2.07. The van der Waals surface area contributed by atoms with Gasteiger partial charge in [0.05, 0.1) is 11.6 Å². The molecule has 0 spiro atoms. The Morgan fingerprint density at radius 3 is 2.85 bits per heavy atom. The van der Waals surface area contributed by atoms with Crippen LogP contribution in [0.2, 0.25) is 0 Å². The van der Waals surface area contributed by atoms with Crippen LogP contribution in [0.4, 0.5) is 0 Å². The first-order valence-electron chi connectivity index (χ1n) is 4.23. The summed E-state index contributed by atoms with van der Waals surface area (Å²) in [7, 11) is 0. The number of pyridine rings is 1. The fourth-order valence-corrected chi connectivity index (χ4v) is 1.75. The largest absolute Gasteiger partial charge is 0.304 e. The standard InChI is InChI=1S/C10H11ClN2/c1-7-4-3-5-13-8(2)9(6-11)12-10(7)13/h3-5H,6H2,1-2H3. The smallest absolute Gasteiger partial charge is 0.140 e. The van der Waals surface area contributed by atoms with Gasteiger partial charge in [0.2, 0.25) is 0 Å². The van der Waals surface area contributed by atoms with Gasteiger partial charge in [0.1, 0.15) is 5.65 Å². The number of aromatic nitrogens is 2. The van der Waals surface area contributed by atoms with Gasteiger partial charge in [0, 0.05) is 11.9 Å². The lowest BCUT2D eigenvalue weighted by molar-refractivity contribution is 1.08. The molecule has 0 atom stereocenters. The summed E-state index contributed by atoms with van der Waals surface area (Å²) in [5.41, 5.74) is 4.29. The molecule has 3 heteroatoms. The van der Waals surface area contributed by atoms with Crippen LogP contribution in [0.15, 0.2) is 18.3 Å². The Kier molecular flexibility index (Phi) is 2.00. The Morgan fingerprint density at radius 2 is 2.23 bits per heavy atom. The van der Waals surface area contributed by atoms with Gasteiger partial charge in [0.25, 0.3) is 0 Å². The van der Waals surface area contributed by atoms with Crippen LogP contribution in [0.3, 0.4) is 0 Å². The molecule has 0 aliphatic rings. The lowest BCUT2D eigenvalue weighted by Crippen LogP contribution is -1.88. The van der Waals surface area contributed by atoms with Crippen molar-refractivity contribution < 1.29 is 0 Å². The number of hydrogen-bond donors (Lipinski definition) is 0. The van der Waals surface area contributed by atoms with E-state index >= 15 is 0 Å². The molecule has 0 saturated carbocycles. The van der Waals surface area contributed by atoms with E-state index in [4.69, 9.17) is 11.6 Å². The maximum absolute atomic E-state index is 5.78. The maximum atomic E-state index is 5.78. The van der Waals surface area contributed by atoms with Gasteiger partial charge < -0.3 is 4.40 Å². The van der Waals surface area contributed by atoms with Crippen molar-refractivity contribution in [2.24, 2.45) is 0 Å². The summed E-state index contributed by atoms with van der Waals surface area (Å²) in [4.78, 5) is 4.46. The molecule has 0 aromatic carbocycles. The zero-order chi connectivity index (χ0) is 9.42. The summed E-state index contributed by atoms with van der Waals surface area (Å²) >= 11 is 5.78. The van der Waals surface area contributed by atoms with Crippen molar-refractivity contribution >= 4 is 17.2 Å². The van der Waals surface area contributed by atoms with E-state index in [1.807, 2.05) is 19.2 Å². The van der Waals surface area contributed by atoms with Gasteiger partial charge in [-0.05, 0) is 25.5 Å². The van der Waals surface area contributed by atoms with Crippen molar-refractivity contribution in [3.05, 3.63) is 35.3 Å². The second-order valence-electron chi connectivity index (χ2n) is 3.16. The summed E-state index contributed by atoms with van der Waals surface area (Å²) < 4.78 is 2.08. The van der Waals surface area contributed by atoms with E-state index in [1.54, 1.807) is 0 Å². The Balaban J connectivity index is 2.83. The molecule has 2 aromatic rings. The zero-order valence-electron chi connectivity index (χ0n) is 7.71. The predicted molar refractivity (Wildman–Crippen MR) is 54.2 cm³/mol. The Bertz CT molecular complexity index is 445. The summed E-state index contributed by atoms with van der Waals surface area (Å²) in [5, 5.41) is 0. The summed E-state index contributed by atoms with van der Waals surface area (Å²) in [6.07, 6.45) is 2.01. The molecular weight excluding hydrogens is 184 g/mol. The minimum absolute atomic E-state index is 0.479. The summed E-state index contributed by atoms with van der Waals surface area (Å²) in [6.45, 7) is 4.09. The summed E-state index contributed by atoms with van der Waals surface area (Å²) in [5.74, 6) is 0.479. The van der Waals surface area contributed by atoms with Gasteiger partial charge in [-0.25, -0.2) is 4.98 Å². The van der Waals surface area contributed by atoms with Crippen molar-refractivity contribution in [1.29, 1.82) is 0 Å². The molecule has 2 aromatic heterocycles. The van der Waals surface area contributed by atoms with Crippen LogP contribution >= 0.6 is 11.6 Å². The van der Waals surface area contributed by atoms with Crippen LogP contribution in [-0.4, -0.2) is 9.38 Å². The molecule has 0 saturated heterocycles. The number of hydrogen-bond acceptors (Lipinski definition) is 1. The molecule has 0 aliphatic heterocycles. The highest BCUT2D eigenvalue weighted by Crippen LogP contribution is 2.15. The first-order chi connectivity index (χ1) is 6.24. The maximum Gasteiger partial charge on any atom is 0.140 e. The average molecular weight is 195 g/mol. The third-order valence-electron chi connectivity index (χ3n) is 2.31. The van der Waals surface area contributed by atoms with Gasteiger partial charge in [-0.15, -0.1) is 11.6 Å². The molecule has 0 amide bonds. The minimum Gasteiger partial charge on any atom is -0.304 e. The van der Waals surface area contributed by atoms with Crippen molar-refractivity contribution in [1.82, 2.24) is 9.38 Å². The van der Waals surface area contributed by atoms with Gasteiger partial charge in [-0.2, -0.15) is 0 Å². The third-order valence-corrected chi connectivity index (χ3v) is 2.56. The molecule has 13 heavy (non-hydrogen) atoms. The quantitative estimate of drug-likeness (QED) is 0.638. The number of imidazole rings is 1. The molecule has 0 radical (unpaired) electrons. The molecule has 0 fully saturated rings. The van der Waals surface area contributed by atoms with E-state index < -0.39 is 0 Å². The first-order valence-corrected chi connectivity index (χ1v) is 4.76. The number of fused-ring (bicyclic) bond motifs is 1. The first kappa shape index (κ1) is 8.57. The monoisotopic (exact) mass is 194 g/mol. The fraction of sp³-hybridized carbons (Fsp3) is 0.300. The lowest BCUT2D eigenvalue weighted by Gasteiger charge is -1.97. The molecule has 0 bridgehead atoms. The van der Waals surface area contributed by atoms with Gasteiger partial charge in [0.15, 0.2) is 0 Å². The molecular formula is C10H11ClN2. The molecule has 0 unspecified atom stereocenters. The van der Waals surface area contributed by atoms with Crippen molar-refractivity contribution in [3.63, 3.8) is 0 Å². The van der Waals surface area contributed by atoms with Crippen LogP contribution in [0.25, 0.3) is 5.65 Å². The minimum atomic E-state index is 0.479. The Morgan fingerprint density at radius 1 is 1.46 bits per heavy atom. The number of aryl methyl sites for hydroxylation is 2. The third kappa shape index (κ3) is 1.22. The number of halogens is 1. The van der Waals surface area contributed by atoms with Crippen molar-refractivity contribution in [2.45, 2.75) is 19.7 Å². The SMILES string of the molecule is Cc1cccn2c(C)c(CCl)nc12. The number of alkyl halides is 1. The predicted octanol–water partition coefficient (Wildman–Crippen LogP) is 2.69. The zero-order valence-corrected chi connectivity index (χ0v) is 8.47. The molecule has 0 N–H and O–H groups in total. The average Bonchev–Trinajstić information content (AvgIpc) is 2.45. The second-order valence-corrected chi connectivity index (χ2v) is 3.43. The Labute approximate surface area is 82.2 Å². The van der Waals surface area contributed by atoms with Crippen molar-refractivity contribution in [3.8, 4) is 0 Å². The number of nitrogens with zero attached hydrogens (tertiary/aromatic N) is 2.